The Morgan fingerprint density at radius 1 is 0.909 bits per heavy atom. The van der Waals surface area contributed by atoms with Crippen molar-refractivity contribution in [3.05, 3.63) is 60.7 Å². The largest absolute Gasteiger partial charge is 0.404 e. The number of halogens is 1. The van der Waals surface area contributed by atoms with Crippen LogP contribution in [0.25, 0.3) is 0 Å². The van der Waals surface area contributed by atoms with E-state index in [0.717, 1.165) is 0 Å². The molecule has 0 N–H and O–H groups in total. The first-order chi connectivity index (χ1) is 10.4. The summed E-state index contributed by atoms with van der Waals surface area (Å²) in [4.78, 5) is 0. The minimum Gasteiger partial charge on any atom is -0.404 e. The Morgan fingerprint density at radius 3 is 1.64 bits per heavy atom. The second kappa shape index (κ2) is 6.99. The van der Waals surface area contributed by atoms with E-state index in [9.17, 15) is 0 Å². The lowest BCUT2D eigenvalue weighted by atomic mass is 10.2. The van der Waals surface area contributed by atoms with Gasteiger partial charge in [-0.3, -0.25) is 0 Å². The SMILES string of the molecule is C[C@H](CCl)O[Si](c1ccccc1)(c1ccccc1)C(C)(C)C. The van der Waals surface area contributed by atoms with Crippen molar-refractivity contribution in [1.82, 2.24) is 0 Å². The van der Waals surface area contributed by atoms with Gasteiger partial charge in [-0.1, -0.05) is 81.4 Å². The highest BCUT2D eigenvalue weighted by molar-refractivity contribution is 6.99. The van der Waals surface area contributed by atoms with Crippen molar-refractivity contribution in [2.45, 2.75) is 38.8 Å². The Kier molecular flexibility index (Phi) is 5.49. The molecule has 1 nitrogen and oxygen atoms in total. The number of benzene rings is 2. The fourth-order valence-electron chi connectivity index (χ4n) is 3.02. The van der Waals surface area contributed by atoms with Gasteiger partial charge in [0.15, 0.2) is 0 Å². The van der Waals surface area contributed by atoms with Crippen LogP contribution in [0.5, 0.6) is 0 Å². The monoisotopic (exact) mass is 332 g/mol. The summed E-state index contributed by atoms with van der Waals surface area (Å²) in [5.41, 5.74) is 0. The summed E-state index contributed by atoms with van der Waals surface area (Å²) in [7, 11) is -2.42. The molecule has 0 bridgehead atoms. The molecule has 0 saturated heterocycles. The van der Waals surface area contributed by atoms with E-state index in [1.807, 2.05) is 0 Å². The van der Waals surface area contributed by atoms with Crippen LogP contribution in [0.2, 0.25) is 5.04 Å². The number of hydrogen-bond acceptors (Lipinski definition) is 1. The highest BCUT2D eigenvalue weighted by atomic mass is 35.5. The van der Waals surface area contributed by atoms with Gasteiger partial charge < -0.3 is 4.43 Å². The van der Waals surface area contributed by atoms with E-state index in [1.54, 1.807) is 0 Å². The zero-order valence-corrected chi connectivity index (χ0v) is 15.6. The Balaban J connectivity index is 2.70. The molecule has 1 atom stereocenters. The summed E-state index contributed by atoms with van der Waals surface area (Å²) in [6, 6.07) is 21.3. The summed E-state index contributed by atoms with van der Waals surface area (Å²) in [5.74, 6) is 0.504. The van der Waals surface area contributed by atoms with Crippen LogP contribution in [-0.2, 0) is 4.43 Å². The standard InChI is InChI=1S/C19H25ClOSi/c1-16(15-20)21-22(19(2,3)4,17-11-7-5-8-12-17)18-13-9-6-10-14-18/h5-14,16H,15H2,1-4H3/t16-/m1/s1. The van der Waals surface area contributed by atoms with Crippen LogP contribution in [0.3, 0.4) is 0 Å². The highest BCUT2D eigenvalue weighted by Gasteiger charge is 2.50. The van der Waals surface area contributed by atoms with Gasteiger partial charge in [0.2, 0.25) is 0 Å². The van der Waals surface area contributed by atoms with Gasteiger partial charge in [-0.2, -0.15) is 0 Å². The first-order valence-corrected chi connectivity index (χ1v) is 10.2. The molecule has 0 aromatic heterocycles. The molecule has 0 amide bonds. The fraction of sp³-hybridized carbons (Fsp3) is 0.368. The molecule has 2 rings (SSSR count). The molecule has 0 spiro atoms. The van der Waals surface area contributed by atoms with Gasteiger partial charge in [-0.25, -0.2) is 0 Å². The highest BCUT2D eigenvalue weighted by Crippen LogP contribution is 2.37. The quantitative estimate of drug-likeness (QED) is 0.589. The van der Waals surface area contributed by atoms with E-state index in [-0.39, 0.29) is 11.1 Å². The first-order valence-electron chi connectivity index (χ1n) is 7.76. The molecule has 0 radical (unpaired) electrons. The molecule has 0 saturated carbocycles. The van der Waals surface area contributed by atoms with Crippen LogP contribution in [0.1, 0.15) is 27.7 Å². The van der Waals surface area contributed by atoms with Crippen molar-refractivity contribution in [2.24, 2.45) is 0 Å². The van der Waals surface area contributed by atoms with Gasteiger partial charge in [0.05, 0.1) is 6.10 Å². The van der Waals surface area contributed by atoms with Crippen molar-refractivity contribution in [2.75, 3.05) is 5.88 Å². The minimum absolute atomic E-state index is 0.00995. The Bertz CT molecular complexity index is 538. The number of rotatable bonds is 5. The molecule has 0 aliphatic carbocycles. The molecular formula is C19H25ClOSi. The van der Waals surface area contributed by atoms with Gasteiger partial charge in [0, 0.05) is 5.88 Å². The summed E-state index contributed by atoms with van der Waals surface area (Å²) < 4.78 is 6.73. The molecule has 0 unspecified atom stereocenters. The summed E-state index contributed by atoms with van der Waals surface area (Å²) in [6.07, 6.45) is 0.0213. The van der Waals surface area contributed by atoms with Crippen LogP contribution in [0.15, 0.2) is 60.7 Å². The summed E-state index contributed by atoms with van der Waals surface area (Å²) in [5, 5.41) is 2.60. The third-order valence-electron chi connectivity index (χ3n) is 4.01. The molecule has 2 aromatic rings. The van der Waals surface area contributed by atoms with Crippen LogP contribution in [0.4, 0.5) is 0 Å². The minimum atomic E-state index is -2.42. The van der Waals surface area contributed by atoms with E-state index in [2.05, 4.69) is 88.4 Å². The maximum absolute atomic E-state index is 6.73. The van der Waals surface area contributed by atoms with Gasteiger partial charge in [-0.05, 0) is 22.3 Å². The second-order valence-corrected chi connectivity index (χ2v) is 11.3. The zero-order chi connectivity index (χ0) is 16.2. The molecule has 2 aromatic carbocycles. The molecule has 0 heterocycles. The van der Waals surface area contributed by atoms with E-state index in [1.165, 1.54) is 10.4 Å². The van der Waals surface area contributed by atoms with Crippen molar-refractivity contribution < 1.29 is 4.43 Å². The lowest BCUT2D eigenvalue weighted by Crippen LogP contribution is -2.67. The fourth-order valence-corrected chi connectivity index (χ4v) is 7.89. The Labute approximate surface area is 140 Å². The van der Waals surface area contributed by atoms with Crippen LogP contribution >= 0.6 is 11.6 Å². The zero-order valence-electron chi connectivity index (χ0n) is 13.8. The molecule has 118 valence electrons. The molecule has 0 aliphatic rings. The average molecular weight is 333 g/mol. The third kappa shape index (κ3) is 3.29. The normalized spacial score (nSPS) is 13.9. The lowest BCUT2D eigenvalue weighted by Gasteiger charge is -2.44. The summed E-state index contributed by atoms with van der Waals surface area (Å²) >= 11 is 6.08. The van der Waals surface area contributed by atoms with Crippen LogP contribution in [0, 0.1) is 0 Å². The van der Waals surface area contributed by atoms with Crippen molar-refractivity contribution in [3.63, 3.8) is 0 Å². The van der Waals surface area contributed by atoms with Crippen molar-refractivity contribution in [1.29, 1.82) is 0 Å². The van der Waals surface area contributed by atoms with Crippen molar-refractivity contribution >= 4 is 30.3 Å². The van der Waals surface area contributed by atoms with Gasteiger partial charge in [-0.15, -0.1) is 11.6 Å². The maximum Gasteiger partial charge on any atom is 0.261 e. The van der Waals surface area contributed by atoms with E-state index < -0.39 is 8.32 Å². The molecule has 3 heteroatoms. The summed E-state index contributed by atoms with van der Waals surface area (Å²) in [6.45, 7) is 8.90. The van der Waals surface area contributed by atoms with Gasteiger partial charge in [0.25, 0.3) is 8.32 Å². The topological polar surface area (TPSA) is 9.23 Å². The van der Waals surface area contributed by atoms with E-state index in [0.29, 0.717) is 5.88 Å². The van der Waals surface area contributed by atoms with Crippen LogP contribution < -0.4 is 10.4 Å². The smallest absolute Gasteiger partial charge is 0.261 e. The predicted octanol–water partition coefficient (Wildman–Crippen LogP) is 4.19. The molecule has 22 heavy (non-hydrogen) atoms. The first kappa shape index (κ1) is 17.3. The van der Waals surface area contributed by atoms with Gasteiger partial charge >= 0.3 is 0 Å². The second-order valence-electron chi connectivity index (χ2n) is 6.75. The Hall–Kier alpha value is -1.09. The lowest BCUT2D eigenvalue weighted by molar-refractivity contribution is 0.229. The number of hydrogen-bond donors (Lipinski definition) is 0. The van der Waals surface area contributed by atoms with Gasteiger partial charge in [0.1, 0.15) is 0 Å². The maximum atomic E-state index is 6.73. The molecular weight excluding hydrogens is 308 g/mol. The average Bonchev–Trinajstić information content (AvgIpc) is 2.52. The third-order valence-corrected chi connectivity index (χ3v) is 9.61. The predicted molar refractivity (Wildman–Crippen MR) is 98.9 cm³/mol. The van der Waals surface area contributed by atoms with Crippen LogP contribution in [-0.4, -0.2) is 20.3 Å². The molecule has 0 fully saturated rings. The Morgan fingerprint density at radius 2 is 1.32 bits per heavy atom. The van der Waals surface area contributed by atoms with E-state index >= 15 is 0 Å². The molecule has 0 aliphatic heterocycles. The van der Waals surface area contributed by atoms with Crippen molar-refractivity contribution in [3.8, 4) is 0 Å². The number of alkyl halides is 1. The van der Waals surface area contributed by atoms with E-state index in [4.69, 9.17) is 16.0 Å².